The van der Waals surface area contributed by atoms with Crippen molar-refractivity contribution in [1.29, 1.82) is 5.26 Å². The molecule has 1 amide bonds. The lowest BCUT2D eigenvalue weighted by Gasteiger charge is -2.15. The molecule has 0 unspecified atom stereocenters. The number of hydrogen-bond acceptors (Lipinski definition) is 4. The van der Waals surface area contributed by atoms with Crippen molar-refractivity contribution in [1.82, 2.24) is 0 Å². The lowest BCUT2D eigenvalue weighted by Crippen LogP contribution is -2.13. The number of anilines is 1. The van der Waals surface area contributed by atoms with Gasteiger partial charge in [0.05, 0.1) is 10.2 Å². The van der Waals surface area contributed by atoms with Crippen molar-refractivity contribution in [2.24, 2.45) is 0 Å². The molecule has 162 valence electrons. The van der Waals surface area contributed by atoms with Gasteiger partial charge in [0, 0.05) is 5.69 Å². The van der Waals surface area contributed by atoms with E-state index in [1.807, 2.05) is 68.4 Å². The third-order valence-corrected chi connectivity index (χ3v) is 5.34. The van der Waals surface area contributed by atoms with Gasteiger partial charge in [-0.3, -0.25) is 4.79 Å². The topological polar surface area (TPSA) is 71.3 Å². The molecule has 1 N–H and O–H groups in total. The fourth-order valence-electron chi connectivity index (χ4n) is 2.95. The first-order valence-corrected chi connectivity index (χ1v) is 11.2. The third kappa shape index (κ3) is 6.34. The molecule has 0 fully saturated rings. The second kappa shape index (κ2) is 11.3. The largest absolute Gasteiger partial charge is 0.490 e. The number of amides is 1. The maximum Gasteiger partial charge on any atom is 0.266 e. The van der Waals surface area contributed by atoms with E-state index in [0.717, 1.165) is 14.7 Å². The van der Waals surface area contributed by atoms with Crippen molar-refractivity contribution in [3.8, 4) is 17.6 Å². The number of ether oxygens (including phenoxy) is 2. The van der Waals surface area contributed by atoms with Crippen LogP contribution < -0.4 is 14.8 Å². The second-order valence-electron chi connectivity index (χ2n) is 7.03. The van der Waals surface area contributed by atoms with Gasteiger partial charge in [-0.15, -0.1) is 0 Å². The molecule has 0 spiro atoms. The summed E-state index contributed by atoms with van der Waals surface area (Å²) in [5, 5.41) is 12.3. The Hall–Kier alpha value is -3.31. The minimum atomic E-state index is -0.464. The smallest absolute Gasteiger partial charge is 0.266 e. The Morgan fingerprint density at radius 2 is 1.81 bits per heavy atom. The fourth-order valence-corrected chi connectivity index (χ4v) is 3.74. The highest BCUT2D eigenvalue weighted by molar-refractivity contribution is 14.1. The zero-order valence-corrected chi connectivity index (χ0v) is 20.0. The van der Waals surface area contributed by atoms with Gasteiger partial charge < -0.3 is 14.8 Å². The minimum Gasteiger partial charge on any atom is -0.490 e. The van der Waals surface area contributed by atoms with Crippen LogP contribution in [0.4, 0.5) is 5.69 Å². The number of rotatable bonds is 8. The van der Waals surface area contributed by atoms with Gasteiger partial charge in [-0.1, -0.05) is 48.0 Å². The predicted octanol–water partition coefficient (Wildman–Crippen LogP) is 6.12. The van der Waals surface area contributed by atoms with E-state index in [9.17, 15) is 10.1 Å². The quantitative estimate of drug-likeness (QED) is 0.213. The zero-order valence-electron chi connectivity index (χ0n) is 17.9. The molecule has 3 rings (SSSR count). The first-order valence-electron chi connectivity index (χ1n) is 10.1. The number of halogens is 1. The van der Waals surface area contributed by atoms with Gasteiger partial charge >= 0.3 is 0 Å². The molecule has 5 nitrogen and oxygen atoms in total. The summed E-state index contributed by atoms with van der Waals surface area (Å²) >= 11 is 2.17. The number of hydrogen-bond donors (Lipinski definition) is 1. The van der Waals surface area contributed by atoms with Gasteiger partial charge in [-0.05, 0) is 77.9 Å². The van der Waals surface area contributed by atoms with Crippen LogP contribution in [-0.2, 0) is 11.4 Å². The molecule has 0 saturated heterocycles. The number of carbonyl (C=O) groups excluding carboxylic acids is 1. The molecule has 0 aliphatic rings. The number of carbonyl (C=O) groups is 1. The average Bonchev–Trinajstić information content (AvgIpc) is 2.79. The van der Waals surface area contributed by atoms with Gasteiger partial charge in [0.2, 0.25) is 0 Å². The minimum absolute atomic E-state index is 0.00165. The number of nitriles is 1. The summed E-state index contributed by atoms with van der Waals surface area (Å²) in [6.45, 7) is 4.74. The molecule has 0 aliphatic heterocycles. The summed E-state index contributed by atoms with van der Waals surface area (Å²) in [4.78, 5) is 12.6. The highest BCUT2D eigenvalue weighted by Gasteiger charge is 2.15. The first kappa shape index (κ1) is 23.4. The fraction of sp³-hybridized carbons (Fsp3) is 0.154. The summed E-state index contributed by atoms with van der Waals surface area (Å²) in [6, 6.07) is 22.9. The molecule has 0 aliphatic carbocycles. The maximum absolute atomic E-state index is 12.6. The Bertz CT molecular complexity index is 1150. The van der Waals surface area contributed by atoms with E-state index in [2.05, 4.69) is 27.9 Å². The monoisotopic (exact) mass is 538 g/mol. The van der Waals surface area contributed by atoms with E-state index in [1.165, 1.54) is 0 Å². The molecule has 32 heavy (non-hydrogen) atoms. The maximum atomic E-state index is 12.6. The van der Waals surface area contributed by atoms with Crippen LogP contribution >= 0.6 is 22.6 Å². The molecule has 3 aromatic carbocycles. The molecule has 3 aromatic rings. The highest BCUT2D eigenvalue weighted by Crippen LogP contribution is 2.35. The molecule has 0 bridgehead atoms. The summed E-state index contributed by atoms with van der Waals surface area (Å²) in [5.74, 6) is 0.739. The number of nitrogens with one attached hydrogen (secondary N) is 1. The normalized spacial score (nSPS) is 10.9. The molecular weight excluding hydrogens is 515 g/mol. The van der Waals surface area contributed by atoms with Crippen molar-refractivity contribution in [3.05, 3.63) is 92.6 Å². The Labute approximate surface area is 201 Å². The zero-order chi connectivity index (χ0) is 22.9. The molecule has 6 heteroatoms. The van der Waals surface area contributed by atoms with E-state index in [-0.39, 0.29) is 5.57 Å². The van der Waals surface area contributed by atoms with Crippen LogP contribution in [0.15, 0.2) is 72.3 Å². The summed E-state index contributed by atoms with van der Waals surface area (Å²) in [7, 11) is 0. The number of nitrogens with zero attached hydrogens (tertiary/aromatic N) is 1. The van der Waals surface area contributed by atoms with Crippen LogP contribution in [0.3, 0.4) is 0 Å². The van der Waals surface area contributed by atoms with Crippen molar-refractivity contribution in [2.45, 2.75) is 20.5 Å². The van der Waals surface area contributed by atoms with E-state index < -0.39 is 5.91 Å². The first-order chi connectivity index (χ1) is 15.5. The Balaban J connectivity index is 1.83. The van der Waals surface area contributed by atoms with Crippen LogP contribution in [-0.4, -0.2) is 12.5 Å². The van der Waals surface area contributed by atoms with Gasteiger partial charge in [-0.2, -0.15) is 5.26 Å². The van der Waals surface area contributed by atoms with Crippen LogP contribution in [0.25, 0.3) is 6.08 Å². The lowest BCUT2D eigenvalue weighted by molar-refractivity contribution is -0.112. The average molecular weight is 538 g/mol. The predicted molar refractivity (Wildman–Crippen MR) is 135 cm³/mol. The third-order valence-electron chi connectivity index (χ3n) is 4.54. The van der Waals surface area contributed by atoms with Crippen molar-refractivity contribution in [2.75, 3.05) is 11.9 Å². The summed E-state index contributed by atoms with van der Waals surface area (Å²) < 4.78 is 12.6. The van der Waals surface area contributed by atoms with Gasteiger partial charge in [0.1, 0.15) is 18.2 Å². The molecular formula is C26H23IN2O3. The van der Waals surface area contributed by atoms with Crippen LogP contribution in [0.5, 0.6) is 11.5 Å². The van der Waals surface area contributed by atoms with Gasteiger partial charge in [0.15, 0.2) is 11.5 Å². The highest BCUT2D eigenvalue weighted by atomic mass is 127. The molecule has 0 saturated carbocycles. The molecule has 0 radical (unpaired) electrons. The molecule has 0 aromatic heterocycles. The van der Waals surface area contributed by atoms with Crippen molar-refractivity contribution < 1.29 is 14.3 Å². The Morgan fingerprint density at radius 1 is 1.09 bits per heavy atom. The van der Waals surface area contributed by atoms with Crippen molar-refractivity contribution >= 4 is 40.3 Å². The van der Waals surface area contributed by atoms with Crippen LogP contribution in [0.2, 0.25) is 0 Å². The molecule has 0 atom stereocenters. The Morgan fingerprint density at radius 3 is 2.47 bits per heavy atom. The van der Waals surface area contributed by atoms with E-state index in [1.54, 1.807) is 24.3 Å². The van der Waals surface area contributed by atoms with E-state index in [0.29, 0.717) is 36.0 Å². The number of aryl methyl sites for hydroxylation is 1. The van der Waals surface area contributed by atoms with E-state index in [4.69, 9.17) is 9.47 Å². The van der Waals surface area contributed by atoms with Gasteiger partial charge in [-0.25, -0.2) is 0 Å². The van der Waals surface area contributed by atoms with E-state index >= 15 is 0 Å². The van der Waals surface area contributed by atoms with Gasteiger partial charge in [0.25, 0.3) is 5.91 Å². The summed E-state index contributed by atoms with van der Waals surface area (Å²) in [6.07, 6.45) is 1.55. The second-order valence-corrected chi connectivity index (χ2v) is 8.19. The van der Waals surface area contributed by atoms with Crippen molar-refractivity contribution in [3.63, 3.8) is 0 Å². The standard InChI is InChI=1S/C26H23IN2O3/c1-3-31-24-15-20(14-23(27)25(24)32-17-19-7-5-4-6-8-19)13-21(16-28)26(30)29-22-11-9-18(2)10-12-22/h4-15H,3,17H2,1-2H3,(H,29,30)/b21-13-. The van der Waals surface area contributed by atoms with Crippen LogP contribution in [0.1, 0.15) is 23.6 Å². The Kier molecular flexibility index (Phi) is 8.28. The summed E-state index contributed by atoms with van der Waals surface area (Å²) in [5.41, 5.74) is 3.46. The SMILES string of the molecule is CCOc1cc(/C=C(/C#N)C(=O)Nc2ccc(C)cc2)cc(I)c1OCc1ccccc1. The van der Waals surface area contributed by atoms with Crippen LogP contribution in [0, 0.1) is 21.8 Å². The lowest BCUT2D eigenvalue weighted by atomic mass is 10.1. The number of benzene rings is 3. The molecule has 0 heterocycles.